The monoisotopic (exact) mass is 380 g/mol. The highest BCUT2D eigenvalue weighted by Gasteiger charge is 2.29. The van der Waals surface area contributed by atoms with Crippen molar-refractivity contribution < 1.29 is 9.47 Å². The third kappa shape index (κ3) is 3.87. The maximum Gasteiger partial charge on any atom is 0.138 e. The van der Waals surface area contributed by atoms with Gasteiger partial charge in [0.15, 0.2) is 0 Å². The summed E-state index contributed by atoms with van der Waals surface area (Å²) in [7, 11) is 3.27. The zero-order valence-electron chi connectivity index (χ0n) is 14.4. The van der Waals surface area contributed by atoms with Crippen molar-refractivity contribution >= 4 is 23.2 Å². The van der Waals surface area contributed by atoms with Crippen LogP contribution >= 0.6 is 23.2 Å². The maximum atomic E-state index is 6.55. The summed E-state index contributed by atoms with van der Waals surface area (Å²) < 4.78 is 11.1. The van der Waals surface area contributed by atoms with Crippen LogP contribution in [0.25, 0.3) is 0 Å². The molecule has 0 spiro atoms. The van der Waals surface area contributed by atoms with Crippen LogP contribution in [-0.2, 0) is 0 Å². The smallest absolute Gasteiger partial charge is 0.138 e. The van der Waals surface area contributed by atoms with Crippen molar-refractivity contribution in [2.75, 3.05) is 40.4 Å². The minimum Gasteiger partial charge on any atom is -0.496 e. The van der Waals surface area contributed by atoms with E-state index in [4.69, 9.17) is 32.7 Å². The number of ether oxygens (including phenoxy) is 2. The summed E-state index contributed by atoms with van der Waals surface area (Å²) in [5.41, 5.74) is 2.05. The van der Waals surface area contributed by atoms with Gasteiger partial charge in [0.2, 0.25) is 0 Å². The average molecular weight is 381 g/mol. The predicted octanol–water partition coefficient (Wildman–Crippen LogP) is 4.01. The van der Waals surface area contributed by atoms with Gasteiger partial charge in [0.1, 0.15) is 11.5 Å². The molecule has 0 bridgehead atoms. The Hall–Kier alpha value is -1.46. The molecule has 25 heavy (non-hydrogen) atoms. The molecule has 0 radical (unpaired) electrons. The maximum absolute atomic E-state index is 6.55. The fourth-order valence-corrected chi connectivity index (χ4v) is 3.77. The lowest BCUT2D eigenvalue weighted by Crippen LogP contribution is -2.45. The molecule has 4 nitrogen and oxygen atoms in total. The highest BCUT2D eigenvalue weighted by molar-refractivity contribution is 6.32. The molecule has 1 aliphatic rings. The number of halogens is 2. The van der Waals surface area contributed by atoms with Crippen LogP contribution in [0.3, 0.4) is 0 Å². The van der Waals surface area contributed by atoms with Crippen molar-refractivity contribution in [3.63, 3.8) is 0 Å². The minimum atomic E-state index is -0.0306. The summed E-state index contributed by atoms with van der Waals surface area (Å²) in [6, 6.07) is 11.7. The van der Waals surface area contributed by atoms with Gasteiger partial charge in [-0.2, -0.15) is 0 Å². The molecule has 1 fully saturated rings. The molecule has 134 valence electrons. The van der Waals surface area contributed by atoms with Gasteiger partial charge < -0.3 is 14.8 Å². The molecule has 1 unspecified atom stereocenters. The fraction of sp³-hybridized carbons (Fsp3) is 0.368. The average Bonchev–Trinajstić information content (AvgIpc) is 2.65. The Bertz CT molecular complexity index is 733. The van der Waals surface area contributed by atoms with Crippen molar-refractivity contribution in [2.45, 2.75) is 6.04 Å². The van der Waals surface area contributed by atoms with Gasteiger partial charge in [-0.25, -0.2) is 0 Å². The molecule has 2 aromatic rings. The second-order valence-corrected chi connectivity index (χ2v) is 6.75. The van der Waals surface area contributed by atoms with Gasteiger partial charge in [-0.05, 0) is 17.7 Å². The van der Waals surface area contributed by atoms with Crippen LogP contribution in [0.5, 0.6) is 11.5 Å². The molecule has 1 heterocycles. The van der Waals surface area contributed by atoms with Crippen LogP contribution in [0.2, 0.25) is 10.0 Å². The van der Waals surface area contributed by atoms with E-state index in [0.717, 1.165) is 48.1 Å². The van der Waals surface area contributed by atoms with E-state index in [2.05, 4.69) is 16.3 Å². The molecule has 6 heteroatoms. The zero-order valence-corrected chi connectivity index (χ0v) is 15.9. The van der Waals surface area contributed by atoms with Crippen LogP contribution in [0.4, 0.5) is 0 Å². The van der Waals surface area contributed by atoms with Crippen molar-refractivity contribution in [1.82, 2.24) is 10.2 Å². The topological polar surface area (TPSA) is 33.7 Å². The summed E-state index contributed by atoms with van der Waals surface area (Å²) in [4.78, 5) is 2.41. The van der Waals surface area contributed by atoms with Crippen molar-refractivity contribution in [2.24, 2.45) is 0 Å². The number of nitrogens with one attached hydrogen (secondary N) is 1. The number of hydrogen-bond acceptors (Lipinski definition) is 4. The number of benzene rings is 2. The first-order valence-corrected chi connectivity index (χ1v) is 9.02. The van der Waals surface area contributed by atoms with Crippen LogP contribution in [0.1, 0.15) is 17.2 Å². The molecule has 0 aliphatic carbocycles. The van der Waals surface area contributed by atoms with Gasteiger partial charge in [-0.15, -0.1) is 0 Å². The summed E-state index contributed by atoms with van der Waals surface area (Å²) >= 11 is 12.8. The van der Waals surface area contributed by atoms with Crippen LogP contribution in [-0.4, -0.2) is 45.3 Å². The van der Waals surface area contributed by atoms with E-state index in [9.17, 15) is 0 Å². The summed E-state index contributed by atoms with van der Waals surface area (Å²) in [5, 5.41) is 4.66. The first-order chi connectivity index (χ1) is 12.2. The Labute approximate surface area is 158 Å². The van der Waals surface area contributed by atoms with Crippen molar-refractivity contribution in [1.29, 1.82) is 0 Å². The molecule has 0 saturated carbocycles. The Morgan fingerprint density at radius 1 is 0.920 bits per heavy atom. The first-order valence-electron chi connectivity index (χ1n) is 8.26. The van der Waals surface area contributed by atoms with E-state index in [-0.39, 0.29) is 6.04 Å². The lowest BCUT2D eigenvalue weighted by molar-refractivity contribution is 0.195. The van der Waals surface area contributed by atoms with E-state index >= 15 is 0 Å². The Morgan fingerprint density at radius 3 is 2.24 bits per heavy atom. The largest absolute Gasteiger partial charge is 0.496 e. The highest BCUT2D eigenvalue weighted by atomic mass is 35.5. The molecule has 1 aliphatic heterocycles. The molecule has 1 N–H and O–H groups in total. The highest BCUT2D eigenvalue weighted by Crippen LogP contribution is 2.42. The normalized spacial score (nSPS) is 16.5. The molecule has 2 aromatic carbocycles. The number of methoxy groups -OCH3 is 2. The lowest BCUT2D eigenvalue weighted by Gasteiger charge is -2.36. The van der Waals surface area contributed by atoms with Crippen LogP contribution in [0.15, 0.2) is 36.4 Å². The van der Waals surface area contributed by atoms with Gasteiger partial charge in [0.05, 0.1) is 25.3 Å². The molecule has 1 saturated heterocycles. The predicted molar refractivity (Wildman–Crippen MR) is 102 cm³/mol. The zero-order chi connectivity index (χ0) is 17.8. The van der Waals surface area contributed by atoms with Gasteiger partial charge in [-0.1, -0.05) is 41.4 Å². The molecular weight excluding hydrogens is 359 g/mol. The fourth-order valence-electron chi connectivity index (χ4n) is 3.30. The van der Waals surface area contributed by atoms with E-state index < -0.39 is 0 Å². The number of nitrogens with zero attached hydrogens (tertiary/aromatic N) is 1. The SMILES string of the molecule is COc1cc(C(c2ccccc2Cl)N2CCNCC2)c(OC)cc1Cl. The standard InChI is InChI=1S/C19H22Cl2N2O2/c1-24-17-12-16(21)18(25-2)11-14(17)19(23-9-7-22-8-10-23)13-5-3-4-6-15(13)20/h3-6,11-12,19,22H,7-10H2,1-2H3. The number of rotatable bonds is 5. The Kier molecular flexibility index (Phi) is 6.07. The molecular formula is C19H22Cl2N2O2. The van der Waals surface area contributed by atoms with Crippen LogP contribution < -0.4 is 14.8 Å². The molecule has 0 aromatic heterocycles. The number of piperazine rings is 1. The van der Waals surface area contributed by atoms with Crippen LogP contribution in [0, 0.1) is 0 Å². The van der Waals surface area contributed by atoms with E-state index in [1.54, 1.807) is 14.2 Å². The summed E-state index contributed by atoms with van der Waals surface area (Å²) in [6.07, 6.45) is 0. The third-order valence-corrected chi connectivity index (χ3v) is 5.15. The summed E-state index contributed by atoms with van der Waals surface area (Å²) in [5.74, 6) is 1.36. The second-order valence-electron chi connectivity index (χ2n) is 5.94. The lowest BCUT2D eigenvalue weighted by atomic mass is 9.95. The van der Waals surface area contributed by atoms with Gasteiger partial charge in [0, 0.05) is 42.8 Å². The van der Waals surface area contributed by atoms with Gasteiger partial charge in [-0.3, -0.25) is 4.90 Å². The van der Waals surface area contributed by atoms with Gasteiger partial charge >= 0.3 is 0 Å². The minimum absolute atomic E-state index is 0.0306. The molecule has 0 amide bonds. The second kappa shape index (κ2) is 8.28. The third-order valence-electron chi connectivity index (χ3n) is 4.52. The van der Waals surface area contributed by atoms with E-state index in [1.807, 2.05) is 30.3 Å². The Morgan fingerprint density at radius 2 is 1.60 bits per heavy atom. The van der Waals surface area contributed by atoms with Crippen molar-refractivity contribution in [3.05, 3.63) is 57.6 Å². The summed E-state index contributed by atoms with van der Waals surface area (Å²) in [6.45, 7) is 3.72. The first kappa shape index (κ1) is 18.3. The Balaban J connectivity index is 2.16. The van der Waals surface area contributed by atoms with Gasteiger partial charge in [0.25, 0.3) is 0 Å². The quantitative estimate of drug-likeness (QED) is 0.849. The van der Waals surface area contributed by atoms with E-state index in [0.29, 0.717) is 10.8 Å². The van der Waals surface area contributed by atoms with Crippen molar-refractivity contribution in [3.8, 4) is 11.5 Å². The van der Waals surface area contributed by atoms with E-state index in [1.165, 1.54) is 0 Å². The molecule has 1 atom stereocenters. The number of hydrogen-bond donors (Lipinski definition) is 1. The molecule has 3 rings (SSSR count).